The Morgan fingerprint density at radius 2 is 1.37 bits per heavy atom. The van der Waals surface area contributed by atoms with E-state index in [4.69, 9.17) is 9.11 Å². The minimum absolute atomic E-state index is 0.136. The van der Waals surface area contributed by atoms with E-state index >= 15 is 0 Å². The van der Waals surface area contributed by atoms with E-state index in [1.54, 1.807) is 0 Å². The molecule has 0 aliphatic carbocycles. The molecule has 0 rings (SSSR count). The largest absolute Gasteiger partial charge is 0.316 e. The van der Waals surface area contributed by atoms with Gasteiger partial charge in [0.2, 0.25) is 0 Å². The maximum atomic E-state index is 10.5. The standard InChI is InChI=1S/C9H22N2O6S2/c1-9(2,11-6-8-19(15,16)17)3-4-10-5-7-18(12,13)14/h10-11H,3-8H2,1-2H3,(H,12,13,14)(H,15,16,17). The Balaban J connectivity index is 3.79. The van der Waals surface area contributed by atoms with Crippen molar-refractivity contribution in [2.45, 2.75) is 25.8 Å². The maximum Gasteiger partial charge on any atom is 0.266 e. The number of nitrogens with one attached hydrogen (secondary N) is 2. The van der Waals surface area contributed by atoms with Gasteiger partial charge in [-0.05, 0) is 26.8 Å². The first kappa shape index (κ1) is 18.7. The van der Waals surface area contributed by atoms with Gasteiger partial charge in [0.1, 0.15) is 0 Å². The summed E-state index contributed by atoms with van der Waals surface area (Å²) in [5, 5.41) is 5.83. The topological polar surface area (TPSA) is 133 Å². The molecule has 0 aromatic heterocycles. The van der Waals surface area contributed by atoms with Crippen molar-refractivity contribution in [3.05, 3.63) is 0 Å². The van der Waals surface area contributed by atoms with E-state index in [0.717, 1.165) is 0 Å². The molecular formula is C9H22N2O6S2. The van der Waals surface area contributed by atoms with Crippen LogP contribution in [0.15, 0.2) is 0 Å². The van der Waals surface area contributed by atoms with E-state index in [9.17, 15) is 16.8 Å². The fourth-order valence-electron chi connectivity index (χ4n) is 1.33. The predicted octanol–water partition coefficient (Wildman–Crippen LogP) is -0.890. The highest BCUT2D eigenvalue weighted by Gasteiger charge is 2.17. The molecule has 0 amide bonds. The lowest BCUT2D eigenvalue weighted by atomic mass is 10.0. The average molecular weight is 318 g/mol. The third kappa shape index (κ3) is 14.0. The number of hydrogen-bond acceptors (Lipinski definition) is 6. The van der Waals surface area contributed by atoms with Gasteiger partial charge in [0.15, 0.2) is 0 Å². The number of rotatable bonds is 10. The van der Waals surface area contributed by atoms with Gasteiger partial charge in [-0.25, -0.2) is 0 Å². The van der Waals surface area contributed by atoms with E-state index in [1.807, 2.05) is 13.8 Å². The van der Waals surface area contributed by atoms with Crippen LogP contribution in [0.1, 0.15) is 20.3 Å². The normalized spacial score (nSPS) is 13.7. The van der Waals surface area contributed by atoms with Gasteiger partial charge in [-0.15, -0.1) is 0 Å². The fraction of sp³-hybridized carbons (Fsp3) is 1.00. The van der Waals surface area contributed by atoms with Crippen molar-refractivity contribution >= 4 is 20.2 Å². The van der Waals surface area contributed by atoms with Crippen LogP contribution in [0, 0.1) is 0 Å². The molecule has 0 saturated carbocycles. The lowest BCUT2D eigenvalue weighted by Gasteiger charge is -2.26. The zero-order valence-electron chi connectivity index (χ0n) is 11.1. The van der Waals surface area contributed by atoms with Crippen LogP contribution in [0.5, 0.6) is 0 Å². The average Bonchev–Trinajstić information content (AvgIpc) is 2.12. The molecule has 0 aliphatic rings. The summed E-state index contributed by atoms with van der Waals surface area (Å²) < 4.78 is 59.0. The molecule has 0 aromatic rings. The quantitative estimate of drug-likeness (QED) is 0.301. The van der Waals surface area contributed by atoms with Crippen LogP contribution >= 0.6 is 0 Å². The highest BCUT2D eigenvalue weighted by atomic mass is 32.2. The summed E-state index contributed by atoms with van der Waals surface area (Å²) >= 11 is 0. The Morgan fingerprint density at radius 3 is 1.84 bits per heavy atom. The van der Waals surface area contributed by atoms with E-state index < -0.39 is 20.2 Å². The molecule has 0 aromatic carbocycles. The summed E-state index contributed by atoms with van der Waals surface area (Å²) in [6, 6.07) is 0. The van der Waals surface area contributed by atoms with E-state index in [2.05, 4.69) is 10.6 Å². The van der Waals surface area contributed by atoms with Crippen LogP contribution in [0.25, 0.3) is 0 Å². The lowest BCUT2D eigenvalue weighted by molar-refractivity contribution is 0.363. The summed E-state index contributed by atoms with van der Waals surface area (Å²) in [6.45, 7) is 4.53. The van der Waals surface area contributed by atoms with Gasteiger partial charge in [-0.1, -0.05) is 0 Å². The molecule has 0 radical (unpaired) electrons. The van der Waals surface area contributed by atoms with Crippen molar-refractivity contribution < 1.29 is 25.9 Å². The minimum atomic E-state index is -3.96. The molecule has 4 N–H and O–H groups in total. The fourth-order valence-corrected chi connectivity index (χ4v) is 2.10. The van der Waals surface area contributed by atoms with Crippen LogP contribution in [0.2, 0.25) is 0 Å². The molecule has 19 heavy (non-hydrogen) atoms. The number of hydrogen-bond donors (Lipinski definition) is 4. The maximum absolute atomic E-state index is 10.5. The first-order chi connectivity index (χ1) is 8.41. The second kappa shape index (κ2) is 7.50. The highest BCUT2D eigenvalue weighted by Crippen LogP contribution is 2.06. The molecule has 8 nitrogen and oxygen atoms in total. The van der Waals surface area contributed by atoms with Crippen molar-refractivity contribution in [1.29, 1.82) is 0 Å². The van der Waals surface area contributed by atoms with E-state index in [1.165, 1.54) is 0 Å². The zero-order valence-corrected chi connectivity index (χ0v) is 12.7. The molecule has 0 aliphatic heterocycles. The monoisotopic (exact) mass is 318 g/mol. The van der Waals surface area contributed by atoms with Crippen LogP contribution in [0.4, 0.5) is 0 Å². The summed E-state index contributed by atoms with van der Waals surface area (Å²) in [6.07, 6.45) is 0.629. The zero-order chi connectivity index (χ0) is 15.2. The minimum Gasteiger partial charge on any atom is -0.316 e. The molecule has 0 unspecified atom stereocenters. The summed E-state index contributed by atoms with van der Waals surface area (Å²) in [7, 11) is -7.91. The smallest absolute Gasteiger partial charge is 0.266 e. The third-order valence-electron chi connectivity index (χ3n) is 2.43. The Kier molecular flexibility index (Phi) is 7.40. The first-order valence-corrected chi connectivity index (χ1v) is 8.99. The second-order valence-corrected chi connectivity index (χ2v) is 8.03. The van der Waals surface area contributed by atoms with Crippen molar-refractivity contribution in [1.82, 2.24) is 10.6 Å². The summed E-state index contributed by atoms with van der Waals surface area (Å²) in [5.41, 5.74) is -0.351. The van der Waals surface area contributed by atoms with Crippen molar-refractivity contribution in [3.8, 4) is 0 Å². The first-order valence-electron chi connectivity index (χ1n) is 5.77. The summed E-state index contributed by atoms with van der Waals surface area (Å²) in [4.78, 5) is 0. The van der Waals surface area contributed by atoms with Crippen LogP contribution < -0.4 is 10.6 Å². The SMILES string of the molecule is CC(C)(CCNCCS(=O)(=O)O)NCCS(=O)(=O)O. The molecule has 0 saturated heterocycles. The molecule has 0 heterocycles. The van der Waals surface area contributed by atoms with Crippen LogP contribution in [-0.4, -0.2) is 62.6 Å². The molecule has 0 bridgehead atoms. The molecular weight excluding hydrogens is 296 g/mol. The molecule has 10 heteroatoms. The lowest BCUT2D eigenvalue weighted by Crippen LogP contribution is -2.44. The molecule has 0 fully saturated rings. The van der Waals surface area contributed by atoms with Gasteiger partial charge < -0.3 is 10.6 Å². The van der Waals surface area contributed by atoms with Crippen molar-refractivity contribution in [2.24, 2.45) is 0 Å². The van der Waals surface area contributed by atoms with Gasteiger partial charge in [0, 0.05) is 18.6 Å². The van der Waals surface area contributed by atoms with E-state index in [-0.39, 0.29) is 30.1 Å². The highest BCUT2D eigenvalue weighted by molar-refractivity contribution is 7.86. The summed E-state index contributed by atoms with van der Waals surface area (Å²) in [5.74, 6) is -0.698. The van der Waals surface area contributed by atoms with Gasteiger partial charge in [-0.2, -0.15) is 16.8 Å². The molecule has 0 atom stereocenters. The van der Waals surface area contributed by atoms with Crippen LogP contribution in [-0.2, 0) is 20.2 Å². The second-order valence-electron chi connectivity index (χ2n) is 4.88. The van der Waals surface area contributed by atoms with Gasteiger partial charge in [0.25, 0.3) is 20.2 Å². The Morgan fingerprint density at radius 1 is 0.895 bits per heavy atom. The third-order valence-corrected chi connectivity index (χ3v) is 3.87. The Labute approximate surface area is 114 Å². The Hall–Kier alpha value is -0.260. The van der Waals surface area contributed by atoms with Crippen molar-refractivity contribution in [2.75, 3.05) is 31.1 Å². The van der Waals surface area contributed by atoms with Gasteiger partial charge in [0.05, 0.1) is 11.5 Å². The van der Waals surface area contributed by atoms with E-state index in [0.29, 0.717) is 13.0 Å². The van der Waals surface area contributed by atoms with Crippen molar-refractivity contribution in [3.63, 3.8) is 0 Å². The molecule has 0 spiro atoms. The predicted molar refractivity (Wildman–Crippen MR) is 72.4 cm³/mol. The Bertz CT molecular complexity index is 457. The molecule has 116 valence electrons. The van der Waals surface area contributed by atoms with Gasteiger partial charge in [-0.3, -0.25) is 9.11 Å². The van der Waals surface area contributed by atoms with Gasteiger partial charge >= 0.3 is 0 Å². The van der Waals surface area contributed by atoms with Crippen LogP contribution in [0.3, 0.4) is 0 Å².